The molecule has 0 spiro atoms. The Morgan fingerprint density at radius 3 is 2.38 bits per heavy atom. The van der Waals surface area contributed by atoms with Gasteiger partial charge in [-0.1, -0.05) is 18.5 Å². The van der Waals surface area contributed by atoms with Gasteiger partial charge in [-0.2, -0.15) is 13.2 Å². The first-order valence-electron chi connectivity index (χ1n) is 7.07. The molecule has 2 aromatic carbocycles. The maximum absolute atomic E-state index is 12.7. The predicted octanol–water partition coefficient (Wildman–Crippen LogP) is 6.22. The first-order chi connectivity index (χ1) is 11.9. The summed E-state index contributed by atoms with van der Waals surface area (Å²) in [7, 11) is 0. The highest BCUT2D eigenvalue weighted by Gasteiger charge is 2.31. The zero-order chi connectivity index (χ0) is 19.7. The average Bonchev–Trinajstić information content (AvgIpc) is 2.55. The van der Waals surface area contributed by atoms with E-state index in [9.17, 15) is 27.9 Å². The molecule has 11 heteroatoms. The smallest absolute Gasteiger partial charge is 0.416 e. The number of alkyl halides is 3. The fraction of sp³-hybridized carbons (Fsp3) is 0.200. The standard InChI is InChI=1S/C15H11Cl2F3NO4P/c1-2-26(17,24)12-7-10(21(22)23)6-11(8-12)25-14-4-3-9(5-13(14)16)15(18,19)20/h3-8H,2H2,1H3. The minimum atomic E-state index is -4.58. The van der Waals surface area contributed by atoms with Gasteiger partial charge >= 0.3 is 6.18 Å². The van der Waals surface area contributed by atoms with Crippen molar-refractivity contribution in [1.82, 2.24) is 0 Å². The van der Waals surface area contributed by atoms with Gasteiger partial charge in [-0.15, -0.1) is 0 Å². The molecule has 0 aliphatic rings. The Bertz CT molecular complexity index is 905. The zero-order valence-corrected chi connectivity index (χ0v) is 15.5. The third-order valence-electron chi connectivity index (χ3n) is 3.37. The van der Waals surface area contributed by atoms with Crippen LogP contribution in [-0.4, -0.2) is 11.1 Å². The van der Waals surface area contributed by atoms with Crippen LogP contribution in [0.4, 0.5) is 18.9 Å². The van der Waals surface area contributed by atoms with Crippen LogP contribution in [0.3, 0.4) is 0 Å². The maximum Gasteiger partial charge on any atom is 0.416 e. The molecule has 0 heterocycles. The molecule has 0 radical (unpaired) electrons. The maximum atomic E-state index is 12.7. The molecule has 2 aromatic rings. The van der Waals surface area contributed by atoms with Crippen molar-refractivity contribution in [2.75, 3.05) is 6.16 Å². The van der Waals surface area contributed by atoms with E-state index in [1.54, 1.807) is 6.92 Å². The van der Waals surface area contributed by atoms with Gasteiger partial charge in [0.2, 0.25) is 0 Å². The van der Waals surface area contributed by atoms with E-state index in [4.69, 9.17) is 27.6 Å². The third-order valence-corrected chi connectivity index (χ3v) is 6.81. The summed E-state index contributed by atoms with van der Waals surface area (Å²) in [5.41, 5.74) is -1.39. The predicted molar refractivity (Wildman–Crippen MR) is 93.3 cm³/mol. The summed E-state index contributed by atoms with van der Waals surface area (Å²) in [4.78, 5) is 10.3. The number of nitrogens with zero attached hydrogens (tertiary/aromatic N) is 1. The number of nitro benzene ring substituents is 1. The van der Waals surface area contributed by atoms with Crippen molar-refractivity contribution in [3.05, 3.63) is 57.1 Å². The minimum absolute atomic E-state index is 0.00824. The van der Waals surface area contributed by atoms with Gasteiger partial charge in [0, 0.05) is 17.5 Å². The van der Waals surface area contributed by atoms with Crippen molar-refractivity contribution in [2.45, 2.75) is 13.1 Å². The summed E-state index contributed by atoms with van der Waals surface area (Å²) in [6, 6.07) is 5.76. The van der Waals surface area contributed by atoms with Crippen LogP contribution in [0.2, 0.25) is 5.02 Å². The first-order valence-corrected chi connectivity index (χ1v) is 10.2. The molecule has 0 aliphatic carbocycles. The Morgan fingerprint density at radius 2 is 1.88 bits per heavy atom. The summed E-state index contributed by atoms with van der Waals surface area (Å²) < 4.78 is 55.7. The lowest BCUT2D eigenvalue weighted by atomic mass is 10.2. The quantitative estimate of drug-likeness (QED) is 0.322. The summed E-state index contributed by atoms with van der Waals surface area (Å²) in [6.07, 6.45) is -4.52. The molecule has 0 bridgehead atoms. The molecule has 5 nitrogen and oxygen atoms in total. The largest absolute Gasteiger partial charge is 0.456 e. The van der Waals surface area contributed by atoms with Gasteiger partial charge < -0.3 is 9.30 Å². The van der Waals surface area contributed by atoms with Crippen molar-refractivity contribution in [2.24, 2.45) is 0 Å². The van der Waals surface area contributed by atoms with Crippen molar-refractivity contribution in [3.63, 3.8) is 0 Å². The average molecular weight is 428 g/mol. The molecule has 0 fully saturated rings. The van der Waals surface area contributed by atoms with Crippen molar-refractivity contribution < 1.29 is 27.4 Å². The number of hydrogen-bond acceptors (Lipinski definition) is 4. The Morgan fingerprint density at radius 1 is 1.23 bits per heavy atom. The van der Waals surface area contributed by atoms with Gasteiger partial charge in [0.1, 0.15) is 11.5 Å². The van der Waals surface area contributed by atoms with Crippen LogP contribution in [-0.2, 0) is 10.7 Å². The van der Waals surface area contributed by atoms with Gasteiger partial charge in [-0.3, -0.25) is 10.1 Å². The minimum Gasteiger partial charge on any atom is -0.456 e. The van der Waals surface area contributed by atoms with E-state index in [0.29, 0.717) is 6.07 Å². The van der Waals surface area contributed by atoms with Gasteiger partial charge in [0.15, 0.2) is 6.49 Å². The fourth-order valence-corrected chi connectivity index (χ4v) is 3.52. The fourth-order valence-electron chi connectivity index (χ4n) is 1.99. The van der Waals surface area contributed by atoms with Crippen LogP contribution in [0.5, 0.6) is 11.5 Å². The molecule has 1 unspecified atom stereocenters. The second-order valence-corrected chi connectivity index (χ2v) is 9.65. The van der Waals surface area contributed by atoms with Gasteiger partial charge in [-0.25, -0.2) is 0 Å². The number of hydrogen-bond donors (Lipinski definition) is 0. The van der Waals surface area contributed by atoms with E-state index in [1.165, 1.54) is 6.07 Å². The summed E-state index contributed by atoms with van der Waals surface area (Å²) in [5.74, 6) is -0.266. The van der Waals surface area contributed by atoms with Crippen LogP contribution in [0.25, 0.3) is 0 Å². The normalized spacial score (nSPS) is 13.9. The summed E-state index contributed by atoms with van der Waals surface area (Å²) >= 11 is 11.7. The molecule has 2 rings (SSSR count). The molecular weight excluding hydrogens is 417 g/mol. The molecule has 0 saturated heterocycles. The lowest BCUT2D eigenvalue weighted by Crippen LogP contribution is -2.06. The van der Waals surface area contributed by atoms with Crippen LogP contribution in [0, 0.1) is 10.1 Å². The Balaban J connectivity index is 2.46. The number of non-ortho nitro benzene ring substituents is 1. The van der Waals surface area contributed by atoms with Crippen LogP contribution in [0.15, 0.2) is 36.4 Å². The molecule has 0 aromatic heterocycles. The number of nitro groups is 1. The third kappa shape index (κ3) is 4.69. The highest BCUT2D eigenvalue weighted by Crippen LogP contribution is 2.50. The van der Waals surface area contributed by atoms with E-state index < -0.39 is 28.8 Å². The molecule has 0 aliphatic heterocycles. The molecule has 0 saturated carbocycles. The van der Waals surface area contributed by atoms with E-state index >= 15 is 0 Å². The van der Waals surface area contributed by atoms with Crippen molar-refractivity contribution in [3.8, 4) is 11.5 Å². The van der Waals surface area contributed by atoms with E-state index in [0.717, 1.165) is 24.3 Å². The lowest BCUT2D eigenvalue weighted by Gasteiger charge is -2.13. The van der Waals surface area contributed by atoms with Gasteiger partial charge in [0.05, 0.1) is 21.6 Å². The number of benzene rings is 2. The first kappa shape index (κ1) is 20.6. The zero-order valence-electron chi connectivity index (χ0n) is 13.1. The summed E-state index contributed by atoms with van der Waals surface area (Å²) in [5, 5.41) is 10.7. The van der Waals surface area contributed by atoms with E-state index in [1.807, 2.05) is 0 Å². The summed E-state index contributed by atoms with van der Waals surface area (Å²) in [6.45, 7) is -1.80. The second-order valence-electron chi connectivity index (χ2n) is 5.16. The molecule has 26 heavy (non-hydrogen) atoms. The SMILES string of the molecule is CCP(=O)(Cl)c1cc(Oc2ccc(C(F)(F)F)cc2Cl)cc([N+](=O)[O-])c1. The van der Waals surface area contributed by atoms with Crippen LogP contribution < -0.4 is 10.0 Å². The number of ether oxygens (including phenoxy) is 1. The topological polar surface area (TPSA) is 69.4 Å². The number of halogens is 5. The monoisotopic (exact) mass is 427 g/mol. The van der Waals surface area contributed by atoms with Crippen LogP contribution in [0.1, 0.15) is 12.5 Å². The van der Waals surface area contributed by atoms with Gasteiger partial charge in [0.25, 0.3) is 5.69 Å². The molecule has 0 amide bonds. The van der Waals surface area contributed by atoms with Crippen molar-refractivity contribution >= 4 is 40.3 Å². The Labute approximate surface area is 156 Å². The molecule has 1 atom stereocenters. The molecular formula is C15H11Cl2F3NO4P. The van der Waals surface area contributed by atoms with Gasteiger partial charge in [-0.05, 0) is 35.5 Å². The van der Waals surface area contributed by atoms with Crippen molar-refractivity contribution in [1.29, 1.82) is 0 Å². The molecule has 0 N–H and O–H groups in total. The van der Waals surface area contributed by atoms with Crippen LogP contribution >= 0.6 is 29.3 Å². The second kappa shape index (κ2) is 7.47. The highest BCUT2D eigenvalue weighted by atomic mass is 35.7. The molecule has 140 valence electrons. The lowest BCUT2D eigenvalue weighted by molar-refractivity contribution is -0.384. The Hall–Kier alpha value is -1.76. The highest BCUT2D eigenvalue weighted by molar-refractivity contribution is 7.95. The van der Waals surface area contributed by atoms with E-state index in [2.05, 4.69) is 0 Å². The van der Waals surface area contributed by atoms with E-state index in [-0.39, 0.29) is 28.0 Å². The Kier molecular flexibility index (Phi) is 5.90. The number of rotatable bonds is 5.